The van der Waals surface area contributed by atoms with E-state index in [1.165, 1.54) is 11.3 Å². The molecule has 9 heteroatoms. The Balaban J connectivity index is 1.57. The third-order valence-electron chi connectivity index (χ3n) is 4.59. The van der Waals surface area contributed by atoms with Crippen LogP contribution in [0.3, 0.4) is 0 Å². The molecule has 0 spiro atoms. The molecule has 0 aliphatic carbocycles. The van der Waals surface area contributed by atoms with E-state index >= 15 is 0 Å². The Morgan fingerprint density at radius 3 is 2.64 bits per heavy atom. The minimum Gasteiger partial charge on any atom is -0.397 e. The first-order valence-corrected chi connectivity index (χ1v) is 9.71. The molecule has 0 saturated carbocycles. The molecule has 0 aromatic carbocycles. The fraction of sp³-hybridized carbons (Fsp3) is 0.375. The van der Waals surface area contributed by atoms with Crippen molar-refractivity contribution < 1.29 is 4.79 Å². The van der Waals surface area contributed by atoms with Gasteiger partial charge in [0.1, 0.15) is 9.71 Å². The number of nitrogen functional groups attached to an aromatic ring is 1. The second-order valence-electron chi connectivity index (χ2n) is 6.03. The third kappa shape index (κ3) is 2.73. The van der Waals surface area contributed by atoms with Crippen LogP contribution < -0.4 is 10.6 Å². The van der Waals surface area contributed by atoms with Crippen molar-refractivity contribution in [3.05, 3.63) is 27.7 Å². The molecular weight excluding hydrogens is 356 g/mol. The summed E-state index contributed by atoms with van der Waals surface area (Å²) in [6, 6.07) is 0. The molecule has 25 heavy (non-hydrogen) atoms. The van der Waals surface area contributed by atoms with Crippen LogP contribution in [-0.4, -0.2) is 52.2 Å². The topological polar surface area (TPSA) is 88.2 Å². The highest BCUT2D eigenvalue weighted by Gasteiger charge is 2.27. The van der Waals surface area contributed by atoms with Crippen LogP contribution in [0.2, 0.25) is 0 Å². The number of amides is 1. The van der Waals surface area contributed by atoms with Crippen LogP contribution in [0, 0.1) is 13.8 Å². The number of aryl methyl sites for hydroxylation is 2. The lowest BCUT2D eigenvalue weighted by Crippen LogP contribution is -2.48. The average Bonchev–Trinajstić information content (AvgIpc) is 3.26. The predicted molar refractivity (Wildman–Crippen MR) is 102 cm³/mol. The van der Waals surface area contributed by atoms with Crippen LogP contribution in [0.4, 0.5) is 10.8 Å². The molecule has 1 saturated heterocycles. The third-order valence-corrected chi connectivity index (χ3v) is 6.50. The Morgan fingerprint density at radius 2 is 1.96 bits per heavy atom. The zero-order valence-corrected chi connectivity index (χ0v) is 15.7. The molecule has 0 atom stereocenters. The van der Waals surface area contributed by atoms with Gasteiger partial charge in [0.15, 0.2) is 5.13 Å². The number of carbonyl (C=O) groups excluding carboxylic acids is 1. The zero-order chi connectivity index (χ0) is 17.6. The summed E-state index contributed by atoms with van der Waals surface area (Å²) in [6.07, 6.45) is 1.81. The van der Waals surface area contributed by atoms with Gasteiger partial charge in [0.25, 0.3) is 5.91 Å². The Kier molecular flexibility index (Phi) is 4.04. The monoisotopic (exact) mass is 374 g/mol. The van der Waals surface area contributed by atoms with Crippen molar-refractivity contribution in [3.63, 3.8) is 0 Å². The van der Waals surface area contributed by atoms with Gasteiger partial charge in [0, 0.05) is 43.1 Å². The molecule has 3 aromatic heterocycles. The summed E-state index contributed by atoms with van der Waals surface area (Å²) in [5.41, 5.74) is 8.66. The molecular formula is C16H18N6OS2. The number of thiophene rings is 1. The summed E-state index contributed by atoms with van der Waals surface area (Å²) in [7, 11) is 0. The van der Waals surface area contributed by atoms with Gasteiger partial charge in [-0.2, -0.15) is 5.10 Å². The maximum absolute atomic E-state index is 13.0. The predicted octanol–water partition coefficient (Wildman–Crippen LogP) is 2.31. The lowest BCUT2D eigenvalue weighted by atomic mass is 10.1. The standard InChI is InChI=1S/C16H18N6OS2/c1-9-10(2)19-20-14-11(9)12(17)13(25-14)15(23)21-4-6-22(7-5-21)16-18-3-8-24-16/h3,8H,4-7,17H2,1-2H3. The number of nitrogens with two attached hydrogens (primary N) is 1. The molecule has 2 N–H and O–H groups in total. The van der Waals surface area contributed by atoms with Crippen LogP contribution in [0.25, 0.3) is 10.2 Å². The number of fused-ring (bicyclic) bond motifs is 1. The number of aromatic nitrogens is 3. The largest absolute Gasteiger partial charge is 0.397 e. The molecule has 3 aromatic rings. The maximum Gasteiger partial charge on any atom is 0.266 e. The van der Waals surface area contributed by atoms with E-state index in [1.807, 2.05) is 24.1 Å². The van der Waals surface area contributed by atoms with Crippen LogP contribution in [0.5, 0.6) is 0 Å². The number of carbonyl (C=O) groups is 1. The smallest absolute Gasteiger partial charge is 0.266 e. The first-order valence-electron chi connectivity index (χ1n) is 8.02. The van der Waals surface area contributed by atoms with E-state index in [-0.39, 0.29) is 5.91 Å². The van der Waals surface area contributed by atoms with E-state index in [0.717, 1.165) is 39.7 Å². The highest BCUT2D eigenvalue weighted by Crippen LogP contribution is 2.35. The zero-order valence-electron chi connectivity index (χ0n) is 14.0. The normalized spacial score (nSPS) is 15.1. The molecule has 0 unspecified atom stereocenters. The highest BCUT2D eigenvalue weighted by molar-refractivity contribution is 7.21. The number of anilines is 2. The number of rotatable bonds is 2. The number of nitrogens with zero attached hydrogens (tertiary/aromatic N) is 5. The van der Waals surface area contributed by atoms with Crippen LogP contribution in [0.15, 0.2) is 11.6 Å². The molecule has 4 rings (SSSR count). The molecule has 1 aliphatic heterocycles. The molecule has 1 aliphatic rings. The summed E-state index contributed by atoms with van der Waals surface area (Å²) < 4.78 is 0. The summed E-state index contributed by atoms with van der Waals surface area (Å²) in [4.78, 5) is 22.7. The Bertz CT molecular complexity index is 928. The molecule has 7 nitrogen and oxygen atoms in total. The molecule has 0 radical (unpaired) electrons. The van der Waals surface area contributed by atoms with Crippen molar-refractivity contribution in [2.24, 2.45) is 0 Å². The van der Waals surface area contributed by atoms with Crippen molar-refractivity contribution in [3.8, 4) is 0 Å². The molecule has 0 bridgehead atoms. The molecule has 1 fully saturated rings. The van der Waals surface area contributed by atoms with Crippen LogP contribution in [0.1, 0.15) is 20.9 Å². The van der Waals surface area contributed by atoms with Crippen LogP contribution >= 0.6 is 22.7 Å². The van der Waals surface area contributed by atoms with Gasteiger partial charge < -0.3 is 15.5 Å². The van der Waals surface area contributed by atoms with E-state index < -0.39 is 0 Å². The maximum atomic E-state index is 13.0. The number of piperazine rings is 1. The van der Waals surface area contributed by atoms with Gasteiger partial charge in [-0.1, -0.05) is 0 Å². The van der Waals surface area contributed by atoms with Gasteiger partial charge >= 0.3 is 0 Å². The second kappa shape index (κ2) is 6.23. The van der Waals surface area contributed by atoms with Gasteiger partial charge in [-0.25, -0.2) is 4.98 Å². The van der Waals surface area contributed by atoms with Gasteiger partial charge in [0.05, 0.1) is 11.4 Å². The number of thiazole rings is 1. The minimum atomic E-state index is -0.0173. The van der Waals surface area contributed by atoms with Gasteiger partial charge in [0.2, 0.25) is 0 Å². The first-order chi connectivity index (χ1) is 12.1. The lowest BCUT2D eigenvalue weighted by molar-refractivity contribution is 0.0752. The second-order valence-corrected chi connectivity index (χ2v) is 7.90. The van der Waals surface area contributed by atoms with Gasteiger partial charge in [-0.3, -0.25) is 4.79 Å². The quantitative estimate of drug-likeness (QED) is 0.740. The van der Waals surface area contributed by atoms with Crippen LogP contribution in [-0.2, 0) is 0 Å². The molecule has 130 valence electrons. The first kappa shape index (κ1) is 16.2. The SMILES string of the molecule is Cc1nnc2sc(C(=O)N3CCN(c4nccs4)CC3)c(N)c2c1C. The Morgan fingerprint density at radius 1 is 1.20 bits per heavy atom. The average molecular weight is 374 g/mol. The van der Waals surface area contributed by atoms with Gasteiger partial charge in [-0.15, -0.1) is 27.8 Å². The van der Waals surface area contributed by atoms with E-state index in [4.69, 9.17) is 5.73 Å². The summed E-state index contributed by atoms with van der Waals surface area (Å²) in [5.74, 6) is -0.0173. The fourth-order valence-corrected chi connectivity index (χ4v) is 4.78. The fourth-order valence-electron chi connectivity index (χ4n) is 3.02. The summed E-state index contributed by atoms with van der Waals surface area (Å²) in [6.45, 7) is 6.75. The van der Waals surface area contributed by atoms with Gasteiger partial charge in [-0.05, 0) is 19.4 Å². The van der Waals surface area contributed by atoms with Crippen molar-refractivity contribution in [2.45, 2.75) is 13.8 Å². The number of hydrogen-bond acceptors (Lipinski definition) is 8. The van der Waals surface area contributed by atoms with E-state index in [2.05, 4.69) is 20.1 Å². The lowest BCUT2D eigenvalue weighted by Gasteiger charge is -2.34. The Labute approximate surface area is 153 Å². The molecule has 1 amide bonds. The van der Waals surface area contributed by atoms with E-state index in [1.54, 1.807) is 17.5 Å². The van der Waals surface area contributed by atoms with E-state index in [0.29, 0.717) is 23.7 Å². The van der Waals surface area contributed by atoms with Crippen molar-refractivity contribution in [2.75, 3.05) is 36.8 Å². The summed E-state index contributed by atoms with van der Waals surface area (Å²) >= 11 is 2.96. The van der Waals surface area contributed by atoms with Crippen molar-refractivity contribution >= 4 is 49.6 Å². The van der Waals surface area contributed by atoms with Crippen molar-refractivity contribution in [1.29, 1.82) is 0 Å². The van der Waals surface area contributed by atoms with Crippen molar-refractivity contribution in [1.82, 2.24) is 20.1 Å². The highest BCUT2D eigenvalue weighted by atomic mass is 32.1. The summed E-state index contributed by atoms with van der Waals surface area (Å²) in [5, 5.41) is 12.2. The Hall–Kier alpha value is -2.26. The minimum absolute atomic E-state index is 0.0173. The number of hydrogen-bond donors (Lipinski definition) is 1. The van der Waals surface area contributed by atoms with E-state index in [9.17, 15) is 4.79 Å². The molecule has 4 heterocycles.